The quantitative estimate of drug-likeness (QED) is 0.595. The molecule has 3 heteroatoms. The summed E-state index contributed by atoms with van der Waals surface area (Å²) in [7, 11) is 0. The van der Waals surface area contributed by atoms with E-state index >= 15 is 0 Å². The summed E-state index contributed by atoms with van der Waals surface area (Å²) in [5.74, 6) is -0.798. The van der Waals surface area contributed by atoms with Gasteiger partial charge in [0.2, 0.25) is 0 Å². The molecule has 0 bridgehead atoms. The molecular formula is C16H28O3. The Balaban J connectivity index is 1.74. The first-order chi connectivity index (χ1) is 9.07. The van der Waals surface area contributed by atoms with Crippen molar-refractivity contribution in [3.05, 3.63) is 12.2 Å². The summed E-state index contributed by atoms with van der Waals surface area (Å²) in [6.45, 7) is 1.75. The Bertz CT molecular complexity index is 292. The smallest absolute Gasteiger partial charge is 0.166 e. The van der Waals surface area contributed by atoms with Gasteiger partial charge in [-0.1, -0.05) is 37.8 Å². The van der Waals surface area contributed by atoms with Crippen molar-refractivity contribution in [2.24, 2.45) is 5.92 Å². The molecule has 19 heavy (non-hydrogen) atoms. The fourth-order valence-electron chi connectivity index (χ4n) is 3.25. The van der Waals surface area contributed by atoms with Crippen molar-refractivity contribution in [2.75, 3.05) is 0 Å². The SMILES string of the molecule is CC(O)(C/C=C/C1CCC[C@H]1O)OC1CCCCC1. The van der Waals surface area contributed by atoms with Gasteiger partial charge in [0, 0.05) is 12.3 Å². The van der Waals surface area contributed by atoms with Crippen LogP contribution in [0.2, 0.25) is 0 Å². The minimum atomic E-state index is -1.07. The first-order valence-corrected chi connectivity index (χ1v) is 7.82. The van der Waals surface area contributed by atoms with Crippen molar-refractivity contribution in [2.45, 2.75) is 82.7 Å². The van der Waals surface area contributed by atoms with Crippen molar-refractivity contribution in [1.82, 2.24) is 0 Å². The van der Waals surface area contributed by atoms with Crippen LogP contribution in [-0.4, -0.2) is 28.2 Å². The Hall–Kier alpha value is -0.380. The molecule has 3 nitrogen and oxygen atoms in total. The monoisotopic (exact) mass is 268 g/mol. The highest BCUT2D eigenvalue weighted by molar-refractivity contribution is 4.96. The predicted molar refractivity (Wildman–Crippen MR) is 75.7 cm³/mol. The maximum absolute atomic E-state index is 10.3. The van der Waals surface area contributed by atoms with E-state index in [0.29, 0.717) is 6.42 Å². The third kappa shape index (κ3) is 4.90. The molecule has 0 heterocycles. The average Bonchev–Trinajstić information content (AvgIpc) is 2.76. The highest BCUT2D eigenvalue weighted by Gasteiger charge is 2.27. The number of rotatable bonds is 5. The molecule has 2 aliphatic carbocycles. The van der Waals surface area contributed by atoms with E-state index in [0.717, 1.165) is 32.1 Å². The lowest BCUT2D eigenvalue weighted by Gasteiger charge is -2.31. The Morgan fingerprint density at radius 1 is 1.11 bits per heavy atom. The van der Waals surface area contributed by atoms with Gasteiger partial charge in [0.15, 0.2) is 5.79 Å². The van der Waals surface area contributed by atoms with Gasteiger partial charge in [0.25, 0.3) is 0 Å². The summed E-state index contributed by atoms with van der Waals surface area (Å²) in [6.07, 6.45) is 13.5. The van der Waals surface area contributed by atoms with Gasteiger partial charge in [-0.05, 0) is 32.6 Å². The molecule has 0 aliphatic heterocycles. The van der Waals surface area contributed by atoms with Crippen molar-refractivity contribution >= 4 is 0 Å². The lowest BCUT2D eigenvalue weighted by molar-refractivity contribution is -0.220. The van der Waals surface area contributed by atoms with Gasteiger partial charge >= 0.3 is 0 Å². The van der Waals surface area contributed by atoms with Crippen LogP contribution >= 0.6 is 0 Å². The minimum Gasteiger partial charge on any atom is -0.393 e. The van der Waals surface area contributed by atoms with Crippen LogP contribution in [0, 0.1) is 5.92 Å². The number of aliphatic hydroxyl groups is 2. The molecule has 0 spiro atoms. The van der Waals surface area contributed by atoms with Crippen LogP contribution in [0.1, 0.15) is 64.7 Å². The Morgan fingerprint density at radius 2 is 1.84 bits per heavy atom. The Morgan fingerprint density at radius 3 is 2.47 bits per heavy atom. The van der Waals surface area contributed by atoms with Gasteiger partial charge < -0.3 is 14.9 Å². The molecule has 0 aromatic carbocycles. The Labute approximate surface area is 116 Å². The molecule has 0 aromatic heterocycles. The predicted octanol–water partition coefficient (Wildman–Crippen LogP) is 3.15. The first-order valence-electron chi connectivity index (χ1n) is 7.82. The van der Waals surface area contributed by atoms with E-state index in [1.54, 1.807) is 6.92 Å². The van der Waals surface area contributed by atoms with E-state index in [1.165, 1.54) is 19.3 Å². The second kappa shape index (κ2) is 6.87. The van der Waals surface area contributed by atoms with E-state index in [9.17, 15) is 10.2 Å². The minimum absolute atomic E-state index is 0.194. The van der Waals surface area contributed by atoms with Gasteiger partial charge in [0.05, 0.1) is 12.2 Å². The highest BCUT2D eigenvalue weighted by Crippen LogP contribution is 2.28. The van der Waals surface area contributed by atoms with Crippen LogP contribution in [0.4, 0.5) is 0 Å². The molecule has 2 N–H and O–H groups in total. The second-order valence-corrected chi connectivity index (χ2v) is 6.35. The molecule has 2 fully saturated rings. The maximum Gasteiger partial charge on any atom is 0.166 e. The molecule has 0 amide bonds. The van der Waals surface area contributed by atoms with Crippen molar-refractivity contribution in [3.63, 3.8) is 0 Å². The van der Waals surface area contributed by atoms with Crippen molar-refractivity contribution < 1.29 is 14.9 Å². The molecule has 2 unspecified atom stereocenters. The molecule has 0 radical (unpaired) electrons. The van der Waals surface area contributed by atoms with Gasteiger partial charge in [-0.3, -0.25) is 0 Å². The molecule has 110 valence electrons. The number of aliphatic hydroxyl groups excluding tert-OH is 1. The summed E-state index contributed by atoms with van der Waals surface area (Å²) < 4.78 is 5.81. The molecular weight excluding hydrogens is 240 g/mol. The van der Waals surface area contributed by atoms with E-state index in [-0.39, 0.29) is 18.1 Å². The normalized spacial score (nSPS) is 32.8. The highest BCUT2D eigenvalue weighted by atomic mass is 16.6. The first kappa shape index (κ1) is 15.0. The average molecular weight is 268 g/mol. The standard InChI is InChI=1S/C16H28O3/c1-16(18,19-14-9-3-2-4-10-14)12-6-8-13-7-5-11-15(13)17/h6,8,13-15,17-18H,2-5,7,9-12H2,1H3/b8-6+/t13?,15-,16?/m1/s1. The van der Waals surface area contributed by atoms with Crippen LogP contribution in [0.15, 0.2) is 12.2 Å². The lowest BCUT2D eigenvalue weighted by atomic mass is 9.97. The number of hydrogen-bond donors (Lipinski definition) is 2. The van der Waals surface area contributed by atoms with Crippen LogP contribution < -0.4 is 0 Å². The Kier molecular flexibility index (Phi) is 5.43. The lowest BCUT2D eigenvalue weighted by Crippen LogP contribution is -2.34. The maximum atomic E-state index is 10.3. The van der Waals surface area contributed by atoms with Gasteiger partial charge in [-0.15, -0.1) is 0 Å². The van der Waals surface area contributed by atoms with E-state index in [1.807, 2.05) is 6.08 Å². The van der Waals surface area contributed by atoms with Crippen molar-refractivity contribution in [3.8, 4) is 0 Å². The number of ether oxygens (including phenoxy) is 1. The summed E-state index contributed by atoms with van der Waals surface area (Å²) in [4.78, 5) is 0. The molecule has 2 aliphatic rings. The number of hydrogen-bond acceptors (Lipinski definition) is 3. The van der Waals surface area contributed by atoms with E-state index < -0.39 is 5.79 Å². The molecule has 2 saturated carbocycles. The zero-order valence-electron chi connectivity index (χ0n) is 12.1. The topological polar surface area (TPSA) is 49.7 Å². The fourth-order valence-corrected chi connectivity index (χ4v) is 3.25. The van der Waals surface area contributed by atoms with Crippen molar-refractivity contribution in [1.29, 1.82) is 0 Å². The summed E-state index contributed by atoms with van der Waals surface area (Å²) in [6, 6.07) is 0. The zero-order chi connectivity index (χ0) is 13.7. The summed E-state index contributed by atoms with van der Waals surface area (Å²) >= 11 is 0. The third-order valence-electron chi connectivity index (χ3n) is 4.38. The molecule has 2 rings (SSSR count). The van der Waals surface area contributed by atoms with Gasteiger partial charge in [-0.25, -0.2) is 0 Å². The van der Waals surface area contributed by atoms with E-state index in [2.05, 4.69) is 6.08 Å². The summed E-state index contributed by atoms with van der Waals surface area (Å²) in [5, 5.41) is 20.0. The largest absolute Gasteiger partial charge is 0.393 e. The van der Waals surface area contributed by atoms with Crippen LogP contribution in [0.25, 0.3) is 0 Å². The third-order valence-corrected chi connectivity index (χ3v) is 4.38. The molecule has 0 aromatic rings. The van der Waals surface area contributed by atoms with Crippen LogP contribution in [0.3, 0.4) is 0 Å². The second-order valence-electron chi connectivity index (χ2n) is 6.35. The van der Waals surface area contributed by atoms with E-state index in [4.69, 9.17) is 4.74 Å². The van der Waals surface area contributed by atoms with Gasteiger partial charge in [-0.2, -0.15) is 0 Å². The van der Waals surface area contributed by atoms with Crippen LogP contribution in [-0.2, 0) is 4.74 Å². The molecule has 3 atom stereocenters. The van der Waals surface area contributed by atoms with Crippen LogP contribution in [0.5, 0.6) is 0 Å². The van der Waals surface area contributed by atoms with Gasteiger partial charge in [0.1, 0.15) is 0 Å². The zero-order valence-corrected chi connectivity index (χ0v) is 12.1. The molecule has 0 saturated heterocycles. The summed E-state index contributed by atoms with van der Waals surface area (Å²) in [5.41, 5.74) is 0. The fraction of sp³-hybridized carbons (Fsp3) is 0.875.